The van der Waals surface area contributed by atoms with Gasteiger partial charge < -0.3 is 0 Å². The minimum atomic E-state index is 0.0763. The topological polar surface area (TPSA) is 17.1 Å². The van der Waals surface area contributed by atoms with Crippen LogP contribution >= 0.6 is 0 Å². The van der Waals surface area contributed by atoms with Crippen molar-refractivity contribution in [1.29, 1.82) is 0 Å². The molecule has 0 aromatic heterocycles. The van der Waals surface area contributed by atoms with E-state index in [1.807, 2.05) is 0 Å². The molecule has 2 unspecified atom stereocenters. The summed E-state index contributed by atoms with van der Waals surface area (Å²) >= 11 is 0. The maximum atomic E-state index is 12.8. The van der Waals surface area contributed by atoms with E-state index in [9.17, 15) is 4.79 Å². The van der Waals surface area contributed by atoms with E-state index in [1.165, 1.54) is 32.7 Å². The third-order valence-electron chi connectivity index (χ3n) is 7.44. The smallest absolute Gasteiger partial charge is 0.178 e. The van der Waals surface area contributed by atoms with E-state index in [1.54, 1.807) is 12.2 Å². The van der Waals surface area contributed by atoms with Gasteiger partial charge in [0.1, 0.15) is 0 Å². The summed E-state index contributed by atoms with van der Waals surface area (Å²) in [6.45, 7) is 9.11. The maximum Gasteiger partial charge on any atom is 0.178 e. The Morgan fingerprint density at radius 3 is 1.39 bits per heavy atom. The predicted octanol–water partition coefficient (Wildman–Crippen LogP) is 10.4. The van der Waals surface area contributed by atoms with Crippen molar-refractivity contribution >= 4 is 27.3 Å². The van der Waals surface area contributed by atoms with Crippen LogP contribution in [0.15, 0.2) is 109 Å². The van der Waals surface area contributed by atoms with Gasteiger partial charge in [0.25, 0.3) is 0 Å². The molecule has 0 radical (unpaired) electrons. The van der Waals surface area contributed by atoms with Gasteiger partial charge in [0.2, 0.25) is 0 Å². The first-order valence-corrected chi connectivity index (χ1v) is 14.2. The first kappa shape index (κ1) is 27.6. The molecule has 1 heteroatoms. The summed E-state index contributed by atoms with van der Waals surface area (Å²) in [7, 11) is 0. The fraction of sp³-hybridized carbons (Fsp3) is 0.324. The minimum absolute atomic E-state index is 0.0763. The molecule has 196 valence electrons. The molecular formula is C37H42O. The summed E-state index contributed by atoms with van der Waals surface area (Å²) < 4.78 is 0. The molecule has 0 aliphatic rings. The average Bonchev–Trinajstić information content (AvgIpc) is 2.91. The molecule has 0 aliphatic heterocycles. The zero-order valence-electron chi connectivity index (χ0n) is 23.4. The Labute approximate surface area is 229 Å². The highest BCUT2D eigenvalue weighted by atomic mass is 16.1. The van der Waals surface area contributed by atoms with Crippen LogP contribution in [0.25, 0.3) is 21.5 Å². The van der Waals surface area contributed by atoms with Crippen molar-refractivity contribution in [2.45, 2.75) is 65.2 Å². The van der Waals surface area contributed by atoms with Crippen molar-refractivity contribution < 1.29 is 4.79 Å². The molecule has 0 fully saturated rings. The molecule has 2 atom stereocenters. The van der Waals surface area contributed by atoms with E-state index in [4.69, 9.17) is 0 Å². The molecule has 0 amide bonds. The Kier molecular flexibility index (Phi) is 9.71. The summed E-state index contributed by atoms with van der Waals surface area (Å²) in [5.41, 5.74) is 2.77. The van der Waals surface area contributed by atoms with Gasteiger partial charge >= 0.3 is 0 Å². The molecule has 4 aromatic rings. The van der Waals surface area contributed by atoms with Crippen molar-refractivity contribution in [2.24, 2.45) is 11.8 Å². The number of carbonyl (C=O) groups is 1. The molecule has 4 rings (SSSR count). The summed E-state index contributed by atoms with van der Waals surface area (Å²) in [4.78, 5) is 12.8. The van der Waals surface area contributed by atoms with Gasteiger partial charge in [-0.25, -0.2) is 0 Å². The lowest BCUT2D eigenvalue weighted by molar-refractivity contribution is -0.110. The third kappa shape index (κ3) is 7.32. The van der Waals surface area contributed by atoms with Crippen molar-refractivity contribution in [3.05, 3.63) is 120 Å². The number of fused-ring (bicyclic) bond motifs is 2. The van der Waals surface area contributed by atoms with Gasteiger partial charge in [0.05, 0.1) is 0 Å². The number of rotatable bonds is 12. The molecule has 0 saturated carbocycles. The highest BCUT2D eigenvalue weighted by Crippen LogP contribution is 2.34. The number of ketones is 1. The van der Waals surface area contributed by atoms with Gasteiger partial charge in [-0.2, -0.15) is 0 Å². The van der Waals surface area contributed by atoms with Crippen molar-refractivity contribution in [3.63, 3.8) is 0 Å². The van der Waals surface area contributed by atoms with Crippen LogP contribution in [0, 0.1) is 11.8 Å². The Balaban J connectivity index is 1.44. The number of carbonyl (C=O) groups excluding carboxylic acids is 1. The Bertz CT molecular complexity index is 1290. The molecule has 0 saturated heterocycles. The lowest BCUT2D eigenvalue weighted by atomic mass is 9.84. The van der Waals surface area contributed by atoms with Crippen molar-refractivity contribution in [3.8, 4) is 0 Å². The Morgan fingerprint density at radius 2 is 0.974 bits per heavy atom. The highest BCUT2D eigenvalue weighted by molar-refractivity contribution is 5.99. The number of benzene rings is 4. The summed E-state index contributed by atoms with van der Waals surface area (Å²) in [5, 5.41) is 5.21. The van der Waals surface area contributed by atoms with E-state index in [0.717, 1.165) is 25.7 Å². The number of allylic oxidation sites excluding steroid dienone is 4. The summed E-state index contributed by atoms with van der Waals surface area (Å²) in [5.74, 6) is 2.06. The molecule has 1 nitrogen and oxygen atoms in total. The van der Waals surface area contributed by atoms with Crippen molar-refractivity contribution in [1.82, 2.24) is 0 Å². The second-order valence-corrected chi connectivity index (χ2v) is 11.5. The molecule has 0 bridgehead atoms. The molecule has 0 spiro atoms. The van der Waals surface area contributed by atoms with Crippen LogP contribution in [0.3, 0.4) is 0 Å². The molecule has 0 aliphatic carbocycles. The standard InChI is InChI=1S/C37H42O/c1-27(2)25-31(36-23-11-15-29-13-5-7-21-34(29)36)17-9-19-33(38)20-10-18-32(26-28(3)4)37-24-12-16-30-14-6-8-22-35(30)37/h5-16,19-24,27-28,31-32H,17-18,25-26H2,1-4H3. The lowest BCUT2D eigenvalue weighted by Crippen LogP contribution is -2.04. The van der Waals surface area contributed by atoms with Crippen LogP contribution in [0.2, 0.25) is 0 Å². The van der Waals surface area contributed by atoms with Crippen LogP contribution in [0.4, 0.5) is 0 Å². The second-order valence-electron chi connectivity index (χ2n) is 11.5. The highest BCUT2D eigenvalue weighted by Gasteiger charge is 2.16. The van der Waals surface area contributed by atoms with Crippen LogP contribution in [0.1, 0.15) is 76.3 Å². The zero-order chi connectivity index (χ0) is 26.9. The van der Waals surface area contributed by atoms with E-state index in [0.29, 0.717) is 23.7 Å². The Hall–Kier alpha value is -3.45. The SMILES string of the molecule is CC(C)CC(CC=CC(=O)C=CCC(CC(C)C)c1cccc2ccccc12)c1cccc2ccccc12. The third-order valence-corrected chi connectivity index (χ3v) is 7.44. The van der Waals surface area contributed by atoms with E-state index in [-0.39, 0.29) is 5.78 Å². The monoisotopic (exact) mass is 502 g/mol. The number of hydrogen-bond acceptors (Lipinski definition) is 1. The minimum Gasteiger partial charge on any atom is -0.290 e. The first-order valence-electron chi connectivity index (χ1n) is 14.2. The normalized spacial score (nSPS) is 13.8. The van der Waals surface area contributed by atoms with Crippen LogP contribution < -0.4 is 0 Å². The first-order chi connectivity index (χ1) is 18.4. The van der Waals surface area contributed by atoms with Crippen LogP contribution in [-0.4, -0.2) is 5.78 Å². The number of hydrogen-bond donors (Lipinski definition) is 0. The zero-order valence-corrected chi connectivity index (χ0v) is 23.4. The maximum absolute atomic E-state index is 12.8. The lowest BCUT2D eigenvalue weighted by Gasteiger charge is -2.20. The Morgan fingerprint density at radius 1 is 0.579 bits per heavy atom. The van der Waals surface area contributed by atoms with Gasteiger partial charge in [0, 0.05) is 0 Å². The molecule has 0 N–H and O–H groups in total. The summed E-state index contributed by atoms with van der Waals surface area (Å²) in [6.07, 6.45) is 11.6. The van der Waals surface area contributed by atoms with Crippen LogP contribution in [-0.2, 0) is 4.79 Å². The largest absolute Gasteiger partial charge is 0.290 e. The fourth-order valence-electron chi connectivity index (χ4n) is 5.80. The van der Waals surface area contributed by atoms with E-state index < -0.39 is 0 Å². The predicted molar refractivity (Wildman–Crippen MR) is 165 cm³/mol. The fourth-order valence-corrected chi connectivity index (χ4v) is 5.80. The molecule has 4 aromatic carbocycles. The van der Waals surface area contributed by atoms with Crippen molar-refractivity contribution in [2.75, 3.05) is 0 Å². The molecule has 0 heterocycles. The average molecular weight is 503 g/mol. The van der Waals surface area contributed by atoms with Gasteiger partial charge in [-0.15, -0.1) is 0 Å². The molecular weight excluding hydrogens is 460 g/mol. The van der Waals surface area contributed by atoms with Gasteiger partial charge in [-0.3, -0.25) is 4.79 Å². The van der Waals surface area contributed by atoms with E-state index >= 15 is 0 Å². The molecule has 38 heavy (non-hydrogen) atoms. The van der Waals surface area contributed by atoms with Gasteiger partial charge in [-0.05, 0) is 94.2 Å². The summed E-state index contributed by atoms with van der Waals surface area (Å²) in [6, 6.07) is 30.4. The van der Waals surface area contributed by atoms with Gasteiger partial charge in [-0.1, -0.05) is 125 Å². The van der Waals surface area contributed by atoms with Gasteiger partial charge in [0.15, 0.2) is 5.78 Å². The van der Waals surface area contributed by atoms with E-state index in [2.05, 4.69) is 125 Å². The second kappa shape index (κ2) is 13.4. The quantitative estimate of drug-likeness (QED) is 0.176. The van der Waals surface area contributed by atoms with Crippen LogP contribution in [0.5, 0.6) is 0 Å².